The lowest BCUT2D eigenvalue weighted by Crippen LogP contribution is -2.41. The van der Waals surface area contributed by atoms with E-state index in [2.05, 4.69) is 4.98 Å². The summed E-state index contributed by atoms with van der Waals surface area (Å²) in [5, 5.41) is 0. The minimum absolute atomic E-state index is 0.0245. The number of amides is 1. The van der Waals surface area contributed by atoms with E-state index in [1.54, 1.807) is 11.1 Å². The second kappa shape index (κ2) is 5.16. The second-order valence-electron chi connectivity index (χ2n) is 4.31. The molecule has 0 aliphatic carbocycles. The Morgan fingerprint density at radius 2 is 2.33 bits per heavy atom. The first-order chi connectivity index (χ1) is 8.65. The van der Waals surface area contributed by atoms with Crippen molar-refractivity contribution in [3.63, 3.8) is 0 Å². The van der Waals surface area contributed by atoms with Crippen LogP contribution in [-0.4, -0.2) is 34.9 Å². The summed E-state index contributed by atoms with van der Waals surface area (Å²) in [6.07, 6.45) is 2.58. The van der Waals surface area contributed by atoms with E-state index < -0.39 is 6.04 Å². The molecular weight excluding hydrogens is 232 g/mol. The number of hydrogen-bond donors (Lipinski definition) is 0. The van der Waals surface area contributed by atoms with Crippen LogP contribution in [-0.2, 0) is 14.3 Å². The molecule has 0 radical (unpaired) electrons. The molecule has 1 aliphatic heterocycles. The van der Waals surface area contributed by atoms with Gasteiger partial charge in [-0.2, -0.15) is 0 Å². The first-order valence-corrected chi connectivity index (χ1v) is 5.95. The number of aromatic nitrogens is 1. The van der Waals surface area contributed by atoms with Crippen molar-refractivity contribution in [1.82, 2.24) is 9.88 Å². The van der Waals surface area contributed by atoms with E-state index >= 15 is 0 Å². The molecule has 1 aromatic rings. The Hall–Kier alpha value is -1.91. The molecule has 2 atom stereocenters. The van der Waals surface area contributed by atoms with E-state index in [0.29, 0.717) is 12.8 Å². The molecule has 0 bridgehead atoms. The number of nitrogens with zero attached hydrogens (tertiary/aromatic N) is 2. The third kappa shape index (κ3) is 2.20. The summed E-state index contributed by atoms with van der Waals surface area (Å²) in [4.78, 5) is 29.4. The number of likely N-dealkylation sites (tertiary alicyclic amines) is 1. The summed E-state index contributed by atoms with van der Waals surface area (Å²) < 4.78 is 4.75. The lowest BCUT2D eigenvalue weighted by molar-refractivity contribution is -0.150. The van der Waals surface area contributed by atoms with Crippen molar-refractivity contribution in [2.75, 3.05) is 7.11 Å². The molecule has 0 spiro atoms. The highest BCUT2D eigenvalue weighted by Crippen LogP contribution is 2.29. The summed E-state index contributed by atoms with van der Waals surface area (Å²) in [5.74, 6) is -0.382. The number of esters is 1. The van der Waals surface area contributed by atoms with Crippen LogP contribution in [0.25, 0.3) is 0 Å². The fourth-order valence-corrected chi connectivity index (χ4v) is 2.32. The normalized spacial score (nSPS) is 20.9. The third-order valence-corrected chi connectivity index (χ3v) is 3.26. The Morgan fingerprint density at radius 3 is 2.94 bits per heavy atom. The van der Waals surface area contributed by atoms with Crippen LogP contribution < -0.4 is 0 Å². The molecule has 1 amide bonds. The maximum atomic E-state index is 11.9. The standard InChI is InChI=1S/C13H16N2O3/c1-9(10-5-3-4-8-14-10)15-11(13(17)18-2)6-7-12(15)16/h3-5,8-9,11H,6-7H2,1-2H3. The SMILES string of the molecule is COC(=O)C1CCC(=O)N1C(C)c1ccccn1. The fraction of sp³-hybridized carbons (Fsp3) is 0.462. The predicted molar refractivity (Wildman–Crippen MR) is 64.5 cm³/mol. The molecule has 1 aromatic heterocycles. The van der Waals surface area contributed by atoms with Crippen LogP contribution in [0.1, 0.15) is 31.5 Å². The number of methoxy groups -OCH3 is 1. The number of rotatable bonds is 3. The van der Waals surface area contributed by atoms with Gasteiger partial charge in [0, 0.05) is 12.6 Å². The van der Waals surface area contributed by atoms with Gasteiger partial charge in [-0.3, -0.25) is 9.78 Å². The molecule has 1 fully saturated rings. The van der Waals surface area contributed by atoms with Crippen molar-refractivity contribution >= 4 is 11.9 Å². The minimum Gasteiger partial charge on any atom is -0.467 e. The topological polar surface area (TPSA) is 59.5 Å². The fourth-order valence-electron chi connectivity index (χ4n) is 2.32. The molecule has 5 heteroatoms. The Balaban J connectivity index is 2.24. The van der Waals surface area contributed by atoms with Crippen LogP contribution in [0.15, 0.2) is 24.4 Å². The number of ether oxygens (including phenoxy) is 1. The molecule has 5 nitrogen and oxygen atoms in total. The van der Waals surface area contributed by atoms with Crippen LogP contribution >= 0.6 is 0 Å². The molecule has 1 saturated heterocycles. The molecular formula is C13H16N2O3. The van der Waals surface area contributed by atoms with Gasteiger partial charge in [-0.15, -0.1) is 0 Å². The van der Waals surface area contributed by atoms with Crippen molar-refractivity contribution in [3.8, 4) is 0 Å². The predicted octanol–water partition coefficient (Wildman–Crippen LogP) is 1.31. The Bertz CT molecular complexity index is 447. The number of carbonyl (C=O) groups is 2. The third-order valence-electron chi connectivity index (χ3n) is 3.26. The molecule has 0 aromatic carbocycles. The summed E-state index contributed by atoms with van der Waals surface area (Å²) >= 11 is 0. The van der Waals surface area contributed by atoms with Crippen molar-refractivity contribution in [3.05, 3.63) is 30.1 Å². The maximum absolute atomic E-state index is 11.9. The van der Waals surface area contributed by atoms with Crippen molar-refractivity contribution in [2.24, 2.45) is 0 Å². The zero-order chi connectivity index (χ0) is 13.1. The number of hydrogen-bond acceptors (Lipinski definition) is 4. The summed E-state index contributed by atoms with van der Waals surface area (Å²) in [6.45, 7) is 1.88. The Morgan fingerprint density at radius 1 is 1.56 bits per heavy atom. The molecule has 2 heterocycles. The van der Waals surface area contributed by atoms with Crippen molar-refractivity contribution < 1.29 is 14.3 Å². The average molecular weight is 248 g/mol. The summed E-state index contributed by atoms with van der Waals surface area (Å²) in [7, 11) is 1.34. The van der Waals surface area contributed by atoms with E-state index in [4.69, 9.17) is 4.74 Å². The van der Waals surface area contributed by atoms with Gasteiger partial charge in [-0.25, -0.2) is 4.79 Å². The van der Waals surface area contributed by atoms with Gasteiger partial charge in [0.2, 0.25) is 5.91 Å². The van der Waals surface area contributed by atoms with Crippen LogP contribution in [0.5, 0.6) is 0 Å². The van der Waals surface area contributed by atoms with E-state index in [-0.39, 0.29) is 17.9 Å². The molecule has 18 heavy (non-hydrogen) atoms. The van der Waals surface area contributed by atoms with Gasteiger partial charge < -0.3 is 9.64 Å². The quantitative estimate of drug-likeness (QED) is 0.757. The zero-order valence-corrected chi connectivity index (χ0v) is 10.5. The van der Waals surface area contributed by atoms with Gasteiger partial charge in [-0.05, 0) is 25.5 Å². The van der Waals surface area contributed by atoms with Gasteiger partial charge in [0.25, 0.3) is 0 Å². The Kier molecular flexibility index (Phi) is 3.60. The van der Waals surface area contributed by atoms with E-state index in [1.807, 2.05) is 25.1 Å². The molecule has 2 unspecified atom stereocenters. The Labute approximate surface area is 106 Å². The number of pyridine rings is 1. The largest absolute Gasteiger partial charge is 0.467 e. The highest BCUT2D eigenvalue weighted by Gasteiger charge is 2.40. The maximum Gasteiger partial charge on any atom is 0.328 e. The molecule has 2 rings (SSSR count). The smallest absolute Gasteiger partial charge is 0.328 e. The monoisotopic (exact) mass is 248 g/mol. The molecule has 1 aliphatic rings. The molecule has 0 saturated carbocycles. The molecule has 0 N–H and O–H groups in total. The van der Waals surface area contributed by atoms with Crippen LogP contribution in [0.2, 0.25) is 0 Å². The van der Waals surface area contributed by atoms with Crippen LogP contribution in [0.4, 0.5) is 0 Å². The lowest BCUT2D eigenvalue weighted by Gasteiger charge is -2.28. The number of carbonyl (C=O) groups excluding carboxylic acids is 2. The lowest BCUT2D eigenvalue weighted by atomic mass is 10.1. The average Bonchev–Trinajstić information content (AvgIpc) is 2.80. The first-order valence-electron chi connectivity index (χ1n) is 5.95. The zero-order valence-electron chi connectivity index (χ0n) is 10.5. The van der Waals surface area contributed by atoms with E-state index in [9.17, 15) is 9.59 Å². The summed E-state index contributed by atoms with van der Waals surface area (Å²) in [6, 6.07) is 4.83. The van der Waals surface area contributed by atoms with E-state index in [1.165, 1.54) is 7.11 Å². The van der Waals surface area contributed by atoms with Crippen LogP contribution in [0.3, 0.4) is 0 Å². The van der Waals surface area contributed by atoms with Crippen LogP contribution in [0, 0.1) is 0 Å². The highest BCUT2D eigenvalue weighted by atomic mass is 16.5. The second-order valence-corrected chi connectivity index (χ2v) is 4.31. The van der Waals surface area contributed by atoms with Gasteiger partial charge in [0.1, 0.15) is 6.04 Å². The van der Waals surface area contributed by atoms with Crippen molar-refractivity contribution in [1.29, 1.82) is 0 Å². The van der Waals surface area contributed by atoms with Gasteiger partial charge >= 0.3 is 5.97 Å². The van der Waals surface area contributed by atoms with Crippen molar-refractivity contribution in [2.45, 2.75) is 31.8 Å². The van der Waals surface area contributed by atoms with E-state index in [0.717, 1.165) is 5.69 Å². The summed E-state index contributed by atoms with van der Waals surface area (Å²) in [5.41, 5.74) is 0.779. The molecule has 96 valence electrons. The highest BCUT2D eigenvalue weighted by molar-refractivity contribution is 5.88. The first kappa shape index (κ1) is 12.5. The van der Waals surface area contributed by atoms with Gasteiger partial charge in [0.05, 0.1) is 18.8 Å². The van der Waals surface area contributed by atoms with Gasteiger partial charge in [0.15, 0.2) is 0 Å². The minimum atomic E-state index is -0.487. The van der Waals surface area contributed by atoms with Gasteiger partial charge in [-0.1, -0.05) is 6.07 Å².